The molecule has 4 aliphatic rings. The number of aromatic amines is 1. The smallest absolute Gasteiger partial charge is 0.397 e. The topological polar surface area (TPSA) is 326 Å². The van der Waals surface area contributed by atoms with E-state index in [-0.39, 0.29) is 19.0 Å². The minimum absolute atomic E-state index is 0.266. The van der Waals surface area contributed by atoms with Gasteiger partial charge in [-0.1, -0.05) is 71.3 Å². The van der Waals surface area contributed by atoms with Crippen molar-refractivity contribution in [1.82, 2.24) is 19.8 Å². The number of nitrogens with one attached hydrogen (secondary N) is 2. The molecular formula is C44H70N4O18S. The van der Waals surface area contributed by atoms with Crippen LogP contribution in [0.1, 0.15) is 86.8 Å². The summed E-state index contributed by atoms with van der Waals surface area (Å²) in [7, 11) is -5.47. The maximum absolute atomic E-state index is 13.7. The van der Waals surface area contributed by atoms with Gasteiger partial charge in [-0.15, -0.1) is 0 Å². The number of fused-ring (bicyclic) bond motifs is 4. The number of aliphatic hydroxyl groups is 5. The molecule has 4 bridgehead atoms. The first-order valence-corrected chi connectivity index (χ1v) is 24.4. The lowest BCUT2D eigenvalue weighted by Crippen LogP contribution is -2.68. The second kappa shape index (κ2) is 23.5. The number of rotatable bonds is 19. The molecule has 5 rings (SSSR count). The van der Waals surface area contributed by atoms with Crippen LogP contribution in [0.25, 0.3) is 0 Å². The van der Waals surface area contributed by atoms with Crippen molar-refractivity contribution in [3.8, 4) is 0 Å². The van der Waals surface area contributed by atoms with Gasteiger partial charge in [0.2, 0.25) is 0 Å². The Bertz CT molecular complexity index is 2120. The van der Waals surface area contributed by atoms with Gasteiger partial charge in [-0.05, 0) is 56.8 Å². The summed E-state index contributed by atoms with van der Waals surface area (Å²) in [5.74, 6) is -1.60. The molecule has 67 heavy (non-hydrogen) atoms. The molecule has 1 aromatic heterocycles. The summed E-state index contributed by atoms with van der Waals surface area (Å²) >= 11 is 0. The number of hydrogen-bond donors (Lipinski definition) is 9. The minimum atomic E-state index is -5.47. The van der Waals surface area contributed by atoms with Crippen molar-refractivity contribution < 1.29 is 76.3 Å². The first-order valence-electron chi connectivity index (χ1n) is 23.0. The van der Waals surface area contributed by atoms with Crippen molar-refractivity contribution in [2.75, 3.05) is 19.6 Å². The molecule has 5 heterocycles. The normalized spacial score (nSPS) is 35.6. The summed E-state index contributed by atoms with van der Waals surface area (Å²) in [5.41, 5.74) is -1.09. The molecule has 0 aromatic carbocycles. The zero-order chi connectivity index (χ0) is 49.7. The van der Waals surface area contributed by atoms with E-state index >= 15 is 0 Å². The molecule has 10 unspecified atom stereocenters. The minimum Gasteiger partial charge on any atom is -0.480 e. The molecule has 4 fully saturated rings. The van der Waals surface area contributed by atoms with Gasteiger partial charge >= 0.3 is 28.0 Å². The van der Waals surface area contributed by atoms with Gasteiger partial charge in [-0.2, -0.15) is 8.42 Å². The second-order valence-corrected chi connectivity index (χ2v) is 20.2. The number of piperidine rings is 1. The van der Waals surface area contributed by atoms with Crippen molar-refractivity contribution in [1.29, 1.82) is 0 Å². The summed E-state index contributed by atoms with van der Waals surface area (Å²) in [5, 5.41) is 69.9. The summed E-state index contributed by atoms with van der Waals surface area (Å²) in [6.45, 7) is 13.4. The number of hydrogen-bond acceptors (Lipinski definition) is 18. The van der Waals surface area contributed by atoms with Crippen LogP contribution in [-0.4, -0.2) is 169 Å². The highest BCUT2D eigenvalue weighted by atomic mass is 32.3. The van der Waals surface area contributed by atoms with Crippen LogP contribution in [-0.2, 0) is 43.1 Å². The van der Waals surface area contributed by atoms with Crippen LogP contribution in [0.2, 0.25) is 0 Å². The first kappa shape index (κ1) is 54.5. The molecule has 0 amide bonds. The standard InChI is InChI=1S/C44H70N4O18S/c1-8-9-21(2)14-23(4)16-25(6)17-24(5)15-22(3)10-11-28(49)26(7)42(57)64-36-27-19-47(20-29(36)50)32(41(55)56)37(65-43-34(53)33(52)30(62-43)18-45-27)39-38(66-67(59,60)61)35(54)40(63-39)48-13-12-31(51)46-44(48)58/h10-13,15,21,23-30,32-40,43,45,49-50,52-54H,8-9,14,16-20H2,1-7H3,(H,55,56)(H,46,51,58)(H,59,60,61)/b11-10+,22-15+/t21?,23?,24?,25?,26?,27?,28?,29?,30-,32+,33-,34-,35-,36?,37+,38+,39-,40-,43+/m1/s1. The average molecular weight is 975 g/mol. The van der Waals surface area contributed by atoms with E-state index in [0.29, 0.717) is 22.3 Å². The lowest BCUT2D eigenvalue weighted by Gasteiger charge is -2.46. The largest absolute Gasteiger partial charge is 0.480 e. The quantitative estimate of drug-likeness (QED) is 0.0494. The summed E-state index contributed by atoms with van der Waals surface area (Å²) in [6.07, 6.45) is -9.47. The number of aromatic nitrogens is 2. The number of carbonyl (C=O) groups is 2. The number of allylic oxidation sites excluding steroid dienone is 3. The average Bonchev–Trinajstić information content (AvgIpc) is 3.66. The van der Waals surface area contributed by atoms with Crippen molar-refractivity contribution >= 4 is 22.3 Å². The second-order valence-electron chi connectivity index (χ2n) is 19.2. The molecule has 0 radical (unpaired) electrons. The third kappa shape index (κ3) is 14.1. The molecule has 22 nitrogen and oxygen atoms in total. The molecule has 23 heteroatoms. The van der Waals surface area contributed by atoms with E-state index in [0.717, 1.165) is 35.6 Å². The van der Waals surface area contributed by atoms with Gasteiger partial charge in [0.25, 0.3) is 5.56 Å². The molecule has 0 aliphatic carbocycles. The molecule has 380 valence electrons. The van der Waals surface area contributed by atoms with Gasteiger partial charge < -0.3 is 54.9 Å². The zero-order valence-corrected chi connectivity index (χ0v) is 39.8. The van der Waals surface area contributed by atoms with Gasteiger partial charge in [-0.3, -0.25) is 33.4 Å². The molecule has 4 saturated heterocycles. The molecule has 4 aliphatic heterocycles. The zero-order valence-electron chi connectivity index (χ0n) is 38.9. The Morgan fingerprint density at radius 2 is 1.60 bits per heavy atom. The lowest BCUT2D eigenvalue weighted by molar-refractivity contribution is -0.236. The Hall–Kier alpha value is -3.43. The SMILES string of the molecule is CCCC(C)CC(C)CC(C)CC(C)/C=C(C)/C=C/C(O)C(C)C(=O)OC1C(O)CN2CC1NC[C@H]1O[C@@H](O[C@H]([C@H]3O[C@@H](n4ccc(=O)[nH]c4=O)[C@H](O)[C@@H]3OS(=O)(=O)O)[C@H]2C(=O)O)[C@H](O)[C@@H]1O. The number of aliphatic hydroxyl groups excluding tert-OH is 5. The number of esters is 1. The van der Waals surface area contributed by atoms with Crippen LogP contribution in [0.4, 0.5) is 0 Å². The number of carboxylic acid groups (broad SMARTS) is 1. The molecular weight excluding hydrogens is 905 g/mol. The number of ether oxygens (including phenoxy) is 4. The Morgan fingerprint density at radius 1 is 0.925 bits per heavy atom. The van der Waals surface area contributed by atoms with Crippen LogP contribution in [0, 0.1) is 29.6 Å². The van der Waals surface area contributed by atoms with E-state index < -0.39 is 132 Å². The molecule has 1 aromatic rings. The van der Waals surface area contributed by atoms with Crippen molar-refractivity contribution in [3.05, 3.63) is 56.9 Å². The maximum Gasteiger partial charge on any atom is 0.397 e. The Kier molecular flexibility index (Phi) is 19.1. The van der Waals surface area contributed by atoms with Gasteiger partial charge in [-0.25, -0.2) is 8.98 Å². The molecule has 9 N–H and O–H groups in total. The Labute approximate surface area is 389 Å². The highest BCUT2D eigenvalue weighted by Gasteiger charge is 2.59. The van der Waals surface area contributed by atoms with Crippen LogP contribution in [0.5, 0.6) is 0 Å². The Morgan fingerprint density at radius 3 is 2.24 bits per heavy atom. The fourth-order valence-corrected chi connectivity index (χ4v) is 10.6. The van der Waals surface area contributed by atoms with Gasteiger partial charge in [0.05, 0.1) is 18.1 Å². The lowest BCUT2D eigenvalue weighted by atomic mass is 9.84. The van der Waals surface area contributed by atoms with E-state index in [4.69, 9.17) is 23.1 Å². The summed E-state index contributed by atoms with van der Waals surface area (Å²) in [4.78, 5) is 54.7. The van der Waals surface area contributed by atoms with E-state index in [9.17, 15) is 62.8 Å². The van der Waals surface area contributed by atoms with Crippen molar-refractivity contribution in [2.24, 2.45) is 29.6 Å². The van der Waals surface area contributed by atoms with Gasteiger partial charge in [0.1, 0.15) is 61.0 Å². The molecule has 0 saturated carbocycles. The monoisotopic (exact) mass is 974 g/mol. The van der Waals surface area contributed by atoms with Crippen LogP contribution < -0.4 is 16.6 Å². The highest BCUT2D eigenvalue weighted by Crippen LogP contribution is 2.39. The van der Waals surface area contributed by atoms with E-state index in [1.807, 2.05) is 11.9 Å². The number of carbonyl (C=O) groups excluding carboxylic acids is 1. The van der Waals surface area contributed by atoms with Crippen LogP contribution in [0.3, 0.4) is 0 Å². The van der Waals surface area contributed by atoms with Crippen molar-refractivity contribution in [3.63, 3.8) is 0 Å². The third-order valence-electron chi connectivity index (χ3n) is 13.1. The van der Waals surface area contributed by atoms with E-state index in [1.54, 1.807) is 6.08 Å². The predicted molar refractivity (Wildman–Crippen MR) is 237 cm³/mol. The van der Waals surface area contributed by atoms with Gasteiger partial charge in [0.15, 0.2) is 12.5 Å². The van der Waals surface area contributed by atoms with Gasteiger partial charge in [0, 0.05) is 31.9 Å². The van der Waals surface area contributed by atoms with E-state index in [2.05, 4.69) is 46.0 Å². The van der Waals surface area contributed by atoms with Crippen LogP contribution in [0.15, 0.2) is 45.7 Å². The van der Waals surface area contributed by atoms with E-state index in [1.165, 1.54) is 32.3 Å². The fraction of sp³-hybridized carbons (Fsp3) is 0.773. The predicted octanol–water partition coefficient (Wildman–Crippen LogP) is -0.158. The summed E-state index contributed by atoms with van der Waals surface area (Å²) in [6, 6.07) is -2.28. The summed E-state index contributed by atoms with van der Waals surface area (Å²) < 4.78 is 63.0. The number of carboxylic acids is 1. The first-order chi connectivity index (χ1) is 31.4. The van der Waals surface area contributed by atoms with Crippen molar-refractivity contribution in [2.45, 2.75) is 166 Å². The number of aliphatic carboxylic acids is 1. The van der Waals surface area contributed by atoms with Crippen LogP contribution >= 0.6 is 0 Å². The number of H-pyrrole nitrogens is 1. The third-order valence-corrected chi connectivity index (χ3v) is 13.6. The molecule has 20 atom stereocenters. The maximum atomic E-state index is 13.7. The Balaban J connectivity index is 1.35. The highest BCUT2D eigenvalue weighted by molar-refractivity contribution is 7.80. The fourth-order valence-electron chi connectivity index (χ4n) is 10.1. The molecule has 0 spiro atoms. The number of nitrogens with zero attached hydrogens (tertiary/aromatic N) is 2.